The minimum Gasteiger partial charge on any atom is -0.490 e. The van der Waals surface area contributed by atoms with Gasteiger partial charge in [-0.3, -0.25) is 9.59 Å². The lowest BCUT2D eigenvalue weighted by Gasteiger charge is -2.27. The van der Waals surface area contributed by atoms with E-state index in [0.29, 0.717) is 69.6 Å². The van der Waals surface area contributed by atoms with Crippen molar-refractivity contribution < 1.29 is 47.5 Å². The number of carbonyl (C=O) groups excluding carboxylic acids is 3. The van der Waals surface area contributed by atoms with Crippen molar-refractivity contribution in [3.8, 4) is 11.5 Å². The second-order valence-corrected chi connectivity index (χ2v) is 11.2. The summed E-state index contributed by atoms with van der Waals surface area (Å²) in [7, 11) is 0. The maximum Gasteiger partial charge on any atom is 0.330 e. The van der Waals surface area contributed by atoms with E-state index in [1.54, 1.807) is 30.3 Å². The van der Waals surface area contributed by atoms with Gasteiger partial charge in [-0.2, -0.15) is 0 Å². The molecule has 0 radical (unpaired) electrons. The maximum atomic E-state index is 12.7. The zero-order valence-corrected chi connectivity index (χ0v) is 25.4. The van der Waals surface area contributed by atoms with Gasteiger partial charge in [0.1, 0.15) is 18.1 Å². The number of benzene rings is 1. The number of carbonyl (C=O) groups is 3. The van der Waals surface area contributed by atoms with Crippen molar-refractivity contribution in [2.75, 3.05) is 33.0 Å². The average molecular weight is 613 g/mol. The number of allylic oxidation sites excluding steroid dienone is 1. The Kier molecular flexibility index (Phi) is 13.3. The van der Waals surface area contributed by atoms with Crippen LogP contribution in [0.5, 0.6) is 11.5 Å². The third kappa shape index (κ3) is 11.1. The first-order valence-electron chi connectivity index (χ1n) is 15.6. The molecule has 10 nitrogen and oxygen atoms in total. The number of hydrogen-bond donors (Lipinski definition) is 0. The summed E-state index contributed by atoms with van der Waals surface area (Å²) in [4.78, 5) is 36.5. The molecule has 3 aliphatic rings. The standard InChI is InChI=1S/C34H44O10/c1-3-30(31-23-42-31)40-21-5-19-38-26-11-7-24(8-12-26)33(36)43-28-15-17-29(18-16-28)44-34(37)25-9-13-27(14-10-25)39-20-6-22-41-32(35)4-2/h3-4,15-18,24-27H,1-2,5-14,19-23H2/b31-30+. The van der Waals surface area contributed by atoms with Crippen LogP contribution in [0, 0.1) is 11.8 Å². The summed E-state index contributed by atoms with van der Waals surface area (Å²) in [6.45, 7) is 9.65. The highest BCUT2D eigenvalue weighted by atomic mass is 16.6. The molecule has 1 aliphatic heterocycles. The lowest BCUT2D eigenvalue weighted by molar-refractivity contribution is -0.142. The minimum absolute atomic E-state index is 0.0906. The first kappa shape index (κ1) is 33.3. The summed E-state index contributed by atoms with van der Waals surface area (Å²) in [6.07, 6.45) is 10.4. The van der Waals surface area contributed by atoms with E-state index in [1.165, 1.54) is 0 Å². The van der Waals surface area contributed by atoms with E-state index < -0.39 is 5.97 Å². The van der Waals surface area contributed by atoms with Crippen LogP contribution in [0.4, 0.5) is 0 Å². The molecule has 4 rings (SSSR count). The summed E-state index contributed by atoms with van der Waals surface area (Å²) in [6, 6.07) is 6.60. The number of esters is 3. The van der Waals surface area contributed by atoms with E-state index in [9.17, 15) is 14.4 Å². The lowest BCUT2D eigenvalue weighted by Crippen LogP contribution is -2.29. The highest BCUT2D eigenvalue weighted by Crippen LogP contribution is 2.30. The van der Waals surface area contributed by atoms with Crippen molar-refractivity contribution in [2.24, 2.45) is 11.8 Å². The Labute approximate surface area is 259 Å². The molecule has 1 saturated heterocycles. The quantitative estimate of drug-likeness (QED) is 0.0549. The first-order chi connectivity index (χ1) is 21.4. The smallest absolute Gasteiger partial charge is 0.330 e. The molecule has 1 aromatic carbocycles. The molecule has 10 heteroatoms. The van der Waals surface area contributed by atoms with E-state index in [0.717, 1.165) is 56.8 Å². The predicted octanol–water partition coefficient (Wildman–Crippen LogP) is 5.60. The lowest BCUT2D eigenvalue weighted by atomic mass is 9.87. The monoisotopic (exact) mass is 612 g/mol. The van der Waals surface area contributed by atoms with E-state index in [1.807, 2.05) is 0 Å². The topological polar surface area (TPSA) is 119 Å². The van der Waals surface area contributed by atoms with Gasteiger partial charge in [-0.15, -0.1) is 0 Å². The van der Waals surface area contributed by atoms with E-state index >= 15 is 0 Å². The van der Waals surface area contributed by atoms with Crippen molar-refractivity contribution in [2.45, 2.75) is 76.4 Å². The zero-order valence-electron chi connectivity index (χ0n) is 25.4. The van der Waals surface area contributed by atoms with Gasteiger partial charge in [-0.05, 0) is 81.7 Å². The molecular formula is C34H44O10. The van der Waals surface area contributed by atoms with Crippen LogP contribution < -0.4 is 9.47 Å². The molecule has 0 amide bonds. The van der Waals surface area contributed by atoms with Crippen molar-refractivity contribution in [3.05, 3.63) is 61.1 Å². The molecule has 0 aromatic heterocycles. The van der Waals surface area contributed by atoms with Crippen LogP contribution in [0.25, 0.3) is 0 Å². The van der Waals surface area contributed by atoms with Crippen LogP contribution in [0.15, 0.2) is 61.1 Å². The van der Waals surface area contributed by atoms with Crippen molar-refractivity contribution in [3.63, 3.8) is 0 Å². The van der Waals surface area contributed by atoms with E-state index in [-0.39, 0.29) is 36.0 Å². The molecule has 2 aliphatic carbocycles. The summed E-state index contributed by atoms with van der Waals surface area (Å²) < 4.78 is 38.7. The Hall–Kier alpha value is -3.63. The van der Waals surface area contributed by atoms with Gasteiger partial charge in [0.15, 0.2) is 11.5 Å². The number of ether oxygens (including phenoxy) is 7. The maximum absolute atomic E-state index is 12.7. The highest BCUT2D eigenvalue weighted by Gasteiger charge is 2.30. The third-order valence-corrected chi connectivity index (χ3v) is 7.98. The van der Waals surface area contributed by atoms with Crippen molar-refractivity contribution in [1.29, 1.82) is 0 Å². The van der Waals surface area contributed by atoms with Gasteiger partial charge in [0, 0.05) is 18.9 Å². The SMILES string of the molecule is C=CC(=O)OCCCOC1CCC(C(=O)Oc2ccc(OC(=O)C3CCC(OCCCO/C(C=C)=C4\CO4)CC3)cc2)CC1. The fourth-order valence-corrected chi connectivity index (χ4v) is 5.37. The van der Waals surface area contributed by atoms with Crippen molar-refractivity contribution in [1.82, 2.24) is 0 Å². The molecule has 3 fully saturated rings. The summed E-state index contributed by atoms with van der Waals surface area (Å²) >= 11 is 0. The molecule has 0 spiro atoms. The number of epoxide rings is 1. The fourth-order valence-electron chi connectivity index (χ4n) is 5.37. The van der Waals surface area contributed by atoms with Gasteiger partial charge >= 0.3 is 17.9 Å². The minimum atomic E-state index is -0.435. The Morgan fingerprint density at radius 3 is 1.55 bits per heavy atom. The normalized spacial score (nSPS) is 23.8. The fraction of sp³-hybridized carbons (Fsp3) is 0.559. The van der Waals surface area contributed by atoms with Crippen LogP contribution in [0.1, 0.15) is 64.2 Å². The number of hydrogen-bond acceptors (Lipinski definition) is 10. The van der Waals surface area contributed by atoms with Crippen LogP contribution >= 0.6 is 0 Å². The van der Waals surface area contributed by atoms with Crippen LogP contribution in [-0.4, -0.2) is 63.2 Å². The van der Waals surface area contributed by atoms with Gasteiger partial charge in [0.05, 0.1) is 50.5 Å². The summed E-state index contributed by atoms with van der Waals surface area (Å²) in [5.41, 5.74) is 0. The van der Waals surface area contributed by atoms with Crippen LogP contribution in [-0.2, 0) is 38.1 Å². The Morgan fingerprint density at radius 1 is 0.682 bits per heavy atom. The van der Waals surface area contributed by atoms with Gasteiger partial charge in [0.25, 0.3) is 0 Å². The molecule has 0 bridgehead atoms. The molecule has 2 saturated carbocycles. The second-order valence-electron chi connectivity index (χ2n) is 11.2. The zero-order chi connectivity index (χ0) is 31.1. The average Bonchev–Trinajstić information content (AvgIpc) is 3.89. The summed E-state index contributed by atoms with van der Waals surface area (Å²) in [5.74, 6) is 1.12. The summed E-state index contributed by atoms with van der Waals surface area (Å²) in [5, 5.41) is 0. The molecule has 0 atom stereocenters. The van der Waals surface area contributed by atoms with Crippen molar-refractivity contribution >= 4 is 17.9 Å². The second kappa shape index (κ2) is 17.6. The van der Waals surface area contributed by atoms with E-state index in [2.05, 4.69) is 13.2 Å². The molecule has 240 valence electrons. The molecule has 1 heterocycles. The van der Waals surface area contributed by atoms with Gasteiger partial charge < -0.3 is 33.2 Å². The van der Waals surface area contributed by atoms with Gasteiger partial charge in [0.2, 0.25) is 0 Å². The molecule has 0 unspecified atom stereocenters. The van der Waals surface area contributed by atoms with E-state index in [4.69, 9.17) is 33.2 Å². The molecular weight excluding hydrogens is 568 g/mol. The van der Waals surface area contributed by atoms with Gasteiger partial charge in [-0.25, -0.2) is 4.79 Å². The third-order valence-electron chi connectivity index (χ3n) is 7.98. The van der Waals surface area contributed by atoms with Crippen LogP contribution in [0.2, 0.25) is 0 Å². The van der Waals surface area contributed by atoms with Gasteiger partial charge in [-0.1, -0.05) is 13.2 Å². The van der Waals surface area contributed by atoms with Crippen LogP contribution in [0.3, 0.4) is 0 Å². The number of rotatable bonds is 17. The molecule has 1 aromatic rings. The Bertz CT molecular complexity index is 1140. The highest BCUT2D eigenvalue weighted by molar-refractivity contribution is 5.81. The predicted molar refractivity (Wildman–Crippen MR) is 161 cm³/mol. The largest absolute Gasteiger partial charge is 0.490 e. The molecule has 44 heavy (non-hydrogen) atoms. The molecule has 0 N–H and O–H groups in total. The Morgan fingerprint density at radius 2 is 1.14 bits per heavy atom. The Balaban J connectivity index is 1.06. The first-order valence-corrected chi connectivity index (χ1v) is 15.6.